The van der Waals surface area contributed by atoms with Gasteiger partial charge in [-0.1, -0.05) is 6.07 Å². The van der Waals surface area contributed by atoms with Gasteiger partial charge in [0, 0.05) is 18.7 Å². The molecule has 0 saturated carbocycles. The summed E-state index contributed by atoms with van der Waals surface area (Å²) >= 11 is 0. The van der Waals surface area contributed by atoms with Gasteiger partial charge in [-0.2, -0.15) is 0 Å². The maximum Gasteiger partial charge on any atom is 0.274 e. The molecule has 21 heavy (non-hydrogen) atoms. The Hall–Kier alpha value is -1.88. The zero-order valence-electron chi connectivity index (χ0n) is 12.2. The molecule has 1 atom stereocenters. The normalized spacial score (nSPS) is 24.3. The largest absolute Gasteiger partial charge is 0.342 e. The fourth-order valence-corrected chi connectivity index (χ4v) is 3.65. The van der Waals surface area contributed by atoms with Gasteiger partial charge in [-0.3, -0.25) is 14.8 Å². The van der Waals surface area contributed by atoms with Crippen LogP contribution in [0.2, 0.25) is 0 Å². The molecular weight excluding hydrogens is 268 g/mol. The third-order valence-electron chi connectivity index (χ3n) is 4.95. The summed E-state index contributed by atoms with van der Waals surface area (Å²) < 4.78 is 0. The van der Waals surface area contributed by atoms with Gasteiger partial charge in [0.05, 0.1) is 5.41 Å². The minimum atomic E-state index is -0.493. The number of rotatable bonds is 2. The van der Waals surface area contributed by atoms with Gasteiger partial charge in [0.1, 0.15) is 0 Å². The molecule has 0 bridgehead atoms. The molecule has 1 heterocycles. The van der Waals surface area contributed by atoms with Crippen molar-refractivity contribution in [1.82, 2.24) is 10.4 Å². The van der Waals surface area contributed by atoms with Crippen LogP contribution in [0.5, 0.6) is 0 Å². The van der Waals surface area contributed by atoms with Crippen LogP contribution >= 0.6 is 0 Å². The average molecular weight is 288 g/mol. The second kappa shape index (κ2) is 5.15. The minimum Gasteiger partial charge on any atom is -0.342 e. The average Bonchev–Trinajstić information content (AvgIpc) is 2.82. The van der Waals surface area contributed by atoms with E-state index in [4.69, 9.17) is 5.21 Å². The summed E-state index contributed by atoms with van der Waals surface area (Å²) in [5, 5.41) is 8.70. The fraction of sp³-hybridized carbons (Fsp3) is 0.500. The van der Waals surface area contributed by atoms with E-state index in [1.165, 1.54) is 0 Å². The predicted octanol–water partition coefficient (Wildman–Crippen LogP) is 1.53. The Morgan fingerprint density at radius 2 is 2.19 bits per heavy atom. The van der Waals surface area contributed by atoms with Gasteiger partial charge >= 0.3 is 0 Å². The molecule has 0 aromatic heterocycles. The van der Waals surface area contributed by atoms with E-state index in [0.717, 1.165) is 49.9 Å². The third kappa shape index (κ3) is 2.21. The second-order valence-electron chi connectivity index (χ2n) is 6.02. The Morgan fingerprint density at radius 1 is 1.38 bits per heavy atom. The highest BCUT2D eigenvalue weighted by Gasteiger charge is 2.47. The molecule has 1 aliphatic heterocycles. The van der Waals surface area contributed by atoms with E-state index >= 15 is 0 Å². The molecule has 5 nitrogen and oxygen atoms in total. The molecule has 112 valence electrons. The first-order valence-electron chi connectivity index (χ1n) is 7.45. The number of amides is 2. The van der Waals surface area contributed by atoms with Crippen molar-refractivity contribution in [3.63, 3.8) is 0 Å². The van der Waals surface area contributed by atoms with Gasteiger partial charge in [0.25, 0.3) is 5.91 Å². The molecule has 2 aliphatic rings. The van der Waals surface area contributed by atoms with E-state index in [1.54, 1.807) is 11.5 Å². The number of fused-ring (bicyclic) bond motifs is 1. The maximum absolute atomic E-state index is 12.6. The molecule has 3 rings (SSSR count). The lowest BCUT2D eigenvalue weighted by atomic mass is 9.70. The number of hydrogen-bond acceptors (Lipinski definition) is 3. The van der Waals surface area contributed by atoms with E-state index in [9.17, 15) is 9.59 Å². The van der Waals surface area contributed by atoms with Crippen molar-refractivity contribution in [2.24, 2.45) is 5.41 Å². The number of nitrogens with one attached hydrogen (secondary N) is 1. The van der Waals surface area contributed by atoms with Gasteiger partial charge in [-0.25, -0.2) is 5.48 Å². The fourth-order valence-electron chi connectivity index (χ4n) is 3.65. The van der Waals surface area contributed by atoms with E-state index in [0.29, 0.717) is 5.56 Å². The zero-order valence-corrected chi connectivity index (χ0v) is 12.2. The number of hydrogen-bond donors (Lipinski definition) is 2. The van der Waals surface area contributed by atoms with Crippen molar-refractivity contribution in [3.8, 4) is 0 Å². The van der Waals surface area contributed by atoms with Crippen LogP contribution in [0, 0.1) is 5.41 Å². The molecule has 1 spiro atoms. The van der Waals surface area contributed by atoms with Crippen molar-refractivity contribution in [1.29, 1.82) is 0 Å². The monoisotopic (exact) mass is 288 g/mol. The lowest BCUT2D eigenvalue weighted by molar-refractivity contribution is -0.136. The van der Waals surface area contributed by atoms with Crippen LogP contribution in [0.15, 0.2) is 18.2 Å². The van der Waals surface area contributed by atoms with E-state index < -0.39 is 5.91 Å². The molecule has 1 fully saturated rings. The highest BCUT2D eigenvalue weighted by Crippen LogP contribution is 2.43. The number of likely N-dealkylation sites (tertiary alicyclic amines) is 1. The number of carbonyl (C=O) groups excluding carboxylic acids is 2. The number of nitrogens with zero attached hydrogens (tertiary/aromatic N) is 1. The van der Waals surface area contributed by atoms with Gasteiger partial charge in [0.15, 0.2) is 0 Å². The van der Waals surface area contributed by atoms with Gasteiger partial charge in [0.2, 0.25) is 5.91 Å². The summed E-state index contributed by atoms with van der Waals surface area (Å²) in [5.74, 6) is -0.208. The Labute approximate surface area is 123 Å². The second-order valence-corrected chi connectivity index (χ2v) is 6.02. The molecule has 1 aliphatic carbocycles. The lowest BCUT2D eigenvalue weighted by Crippen LogP contribution is -2.38. The van der Waals surface area contributed by atoms with Crippen LogP contribution in [0.3, 0.4) is 0 Å². The standard InChI is InChI=1S/C16H20N2O3/c1-2-18-8-7-16(15(18)20)6-5-11-9-12(14(19)17-21)3-4-13(11)10-16/h3-4,9,21H,2,5-8,10H2,1H3,(H,17,19)/t16-/m0/s1. The zero-order chi connectivity index (χ0) is 15.0. The summed E-state index contributed by atoms with van der Waals surface area (Å²) in [7, 11) is 0. The summed E-state index contributed by atoms with van der Waals surface area (Å²) in [6, 6.07) is 5.45. The van der Waals surface area contributed by atoms with Crippen molar-refractivity contribution in [2.75, 3.05) is 13.1 Å². The van der Waals surface area contributed by atoms with Gasteiger partial charge in [-0.05, 0) is 55.9 Å². The summed E-state index contributed by atoms with van der Waals surface area (Å²) in [6.07, 6.45) is 3.35. The van der Waals surface area contributed by atoms with Gasteiger partial charge < -0.3 is 4.90 Å². The van der Waals surface area contributed by atoms with Crippen LogP contribution < -0.4 is 5.48 Å². The van der Waals surface area contributed by atoms with Crippen molar-refractivity contribution in [3.05, 3.63) is 34.9 Å². The molecule has 2 N–H and O–H groups in total. The highest BCUT2D eigenvalue weighted by molar-refractivity contribution is 5.93. The number of aryl methyl sites for hydroxylation is 1. The first-order chi connectivity index (χ1) is 10.1. The van der Waals surface area contributed by atoms with Crippen molar-refractivity contribution < 1.29 is 14.8 Å². The first-order valence-corrected chi connectivity index (χ1v) is 7.45. The smallest absolute Gasteiger partial charge is 0.274 e. The number of benzene rings is 1. The Morgan fingerprint density at radius 3 is 2.86 bits per heavy atom. The van der Waals surface area contributed by atoms with E-state index in [-0.39, 0.29) is 11.3 Å². The molecule has 0 unspecified atom stereocenters. The number of carbonyl (C=O) groups is 2. The van der Waals surface area contributed by atoms with E-state index in [1.807, 2.05) is 24.0 Å². The summed E-state index contributed by atoms with van der Waals surface area (Å²) in [4.78, 5) is 26.0. The Balaban J connectivity index is 1.87. The third-order valence-corrected chi connectivity index (χ3v) is 4.95. The predicted molar refractivity (Wildman–Crippen MR) is 77.0 cm³/mol. The van der Waals surface area contributed by atoms with Gasteiger partial charge in [-0.15, -0.1) is 0 Å². The first kappa shape index (κ1) is 14.1. The molecule has 2 amide bonds. The van der Waals surface area contributed by atoms with Crippen LogP contribution in [0.4, 0.5) is 0 Å². The Bertz CT molecular complexity index is 599. The van der Waals surface area contributed by atoms with Crippen LogP contribution in [-0.2, 0) is 17.6 Å². The van der Waals surface area contributed by atoms with Crippen LogP contribution in [-0.4, -0.2) is 35.0 Å². The maximum atomic E-state index is 12.6. The summed E-state index contributed by atoms with van der Waals surface area (Å²) in [6.45, 7) is 3.66. The molecule has 1 saturated heterocycles. The SMILES string of the molecule is CCN1CC[C@]2(CCc3cc(C(=O)NO)ccc3C2)C1=O. The number of hydroxylamine groups is 1. The Kier molecular flexibility index (Phi) is 3.45. The van der Waals surface area contributed by atoms with Crippen LogP contribution in [0.1, 0.15) is 41.3 Å². The molecule has 1 aromatic rings. The molecule has 1 aromatic carbocycles. The molecule has 5 heteroatoms. The summed E-state index contributed by atoms with van der Waals surface area (Å²) in [5.41, 5.74) is 4.15. The van der Waals surface area contributed by atoms with Crippen molar-refractivity contribution >= 4 is 11.8 Å². The quantitative estimate of drug-likeness (QED) is 0.640. The van der Waals surface area contributed by atoms with E-state index in [2.05, 4.69) is 0 Å². The molecular formula is C16H20N2O3. The van der Waals surface area contributed by atoms with Crippen LogP contribution in [0.25, 0.3) is 0 Å². The molecule has 0 radical (unpaired) electrons. The topological polar surface area (TPSA) is 69.6 Å². The van der Waals surface area contributed by atoms with Crippen molar-refractivity contribution in [2.45, 2.75) is 32.6 Å². The highest BCUT2D eigenvalue weighted by atomic mass is 16.5. The lowest BCUT2D eigenvalue weighted by Gasteiger charge is -2.33. The minimum absolute atomic E-state index is 0.232.